The number of benzene rings is 2. The normalized spacial score (nSPS) is 13.2. The number of halogens is 1. The van der Waals surface area contributed by atoms with Crippen LogP contribution in [0.5, 0.6) is 11.5 Å². The molecule has 0 aliphatic carbocycles. The topological polar surface area (TPSA) is 30.5 Å². The molecular formula is C16H16FNO2S. The van der Waals surface area contributed by atoms with Crippen LogP contribution in [-0.2, 0) is 6.54 Å². The highest BCUT2D eigenvalue weighted by atomic mass is 32.2. The maximum absolute atomic E-state index is 13.6. The van der Waals surface area contributed by atoms with Gasteiger partial charge in [0.05, 0.1) is 0 Å². The Bertz CT molecular complexity index is 648. The molecule has 0 aromatic heterocycles. The third-order valence-corrected chi connectivity index (χ3v) is 4.02. The molecule has 0 spiro atoms. The largest absolute Gasteiger partial charge is 0.486 e. The summed E-state index contributed by atoms with van der Waals surface area (Å²) in [5, 5.41) is 3.03. The van der Waals surface area contributed by atoms with E-state index < -0.39 is 0 Å². The Balaban J connectivity index is 1.83. The molecule has 0 radical (unpaired) electrons. The predicted octanol–water partition coefficient (Wildman–Crippen LogP) is 3.47. The van der Waals surface area contributed by atoms with Gasteiger partial charge >= 0.3 is 0 Å². The highest BCUT2D eigenvalue weighted by molar-refractivity contribution is 7.99. The molecule has 2 aromatic carbocycles. The van der Waals surface area contributed by atoms with Gasteiger partial charge in [-0.1, -0.05) is 11.8 Å². The lowest BCUT2D eigenvalue weighted by atomic mass is 10.2. The molecule has 0 saturated heterocycles. The van der Waals surface area contributed by atoms with Crippen LogP contribution >= 0.6 is 11.8 Å². The summed E-state index contributed by atoms with van der Waals surface area (Å²) >= 11 is 1.51. The summed E-state index contributed by atoms with van der Waals surface area (Å²) in [5.41, 5.74) is 0.928. The smallest absolute Gasteiger partial charge is 0.162 e. The summed E-state index contributed by atoms with van der Waals surface area (Å²) < 4.78 is 24.7. The van der Waals surface area contributed by atoms with Crippen molar-refractivity contribution in [1.29, 1.82) is 0 Å². The van der Waals surface area contributed by atoms with Crippen molar-refractivity contribution in [2.45, 2.75) is 16.3 Å². The van der Waals surface area contributed by atoms with Gasteiger partial charge in [0.15, 0.2) is 11.5 Å². The van der Waals surface area contributed by atoms with Crippen LogP contribution in [0.3, 0.4) is 0 Å². The number of nitrogens with one attached hydrogen (secondary N) is 1. The van der Waals surface area contributed by atoms with E-state index in [1.165, 1.54) is 11.8 Å². The molecule has 3 nitrogen and oxygen atoms in total. The van der Waals surface area contributed by atoms with E-state index in [0.717, 1.165) is 26.9 Å². The number of rotatable bonds is 4. The van der Waals surface area contributed by atoms with Gasteiger partial charge < -0.3 is 14.8 Å². The van der Waals surface area contributed by atoms with Crippen LogP contribution in [0.2, 0.25) is 0 Å². The lowest BCUT2D eigenvalue weighted by Gasteiger charge is -2.18. The van der Waals surface area contributed by atoms with Crippen LogP contribution in [0.1, 0.15) is 5.56 Å². The molecule has 0 bridgehead atoms. The SMILES string of the molecule is CNCc1cc(F)cc(Sc2ccc3c(c2)OCCO3)c1. The van der Waals surface area contributed by atoms with Crippen molar-refractivity contribution in [1.82, 2.24) is 5.32 Å². The Hall–Kier alpha value is -1.72. The molecule has 21 heavy (non-hydrogen) atoms. The van der Waals surface area contributed by atoms with E-state index in [2.05, 4.69) is 5.32 Å². The summed E-state index contributed by atoms with van der Waals surface area (Å²) in [7, 11) is 1.85. The highest BCUT2D eigenvalue weighted by Gasteiger charge is 2.12. The Morgan fingerprint density at radius 2 is 1.86 bits per heavy atom. The van der Waals surface area contributed by atoms with Crippen molar-refractivity contribution in [3.05, 3.63) is 47.8 Å². The van der Waals surface area contributed by atoms with Crippen molar-refractivity contribution < 1.29 is 13.9 Å². The van der Waals surface area contributed by atoms with Gasteiger partial charge in [0.25, 0.3) is 0 Å². The van der Waals surface area contributed by atoms with Crippen molar-refractivity contribution in [3.63, 3.8) is 0 Å². The molecule has 2 aromatic rings. The molecule has 0 unspecified atom stereocenters. The molecule has 1 aliphatic rings. The van der Waals surface area contributed by atoms with Crippen molar-refractivity contribution in [3.8, 4) is 11.5 Å². The second-order valence-corrected chi connectivity index (χ2v) is 5.88. The Morgan fingerprint density at radius 3 is 2.67 bits per heavy atom. The van der Waals surface area contributed by atoms with Crippen LogP contribution < -0.4 is 14.8 Å². The first-order valence-electron chi connectivity index (χ1n) is 6.76. The van der Waals surface area contributed by atoms with E-state index >= 15 is 0 Å². The zero-order valence-corrected chi connectivity index (χ0v) is 12.5. The lowest BCUT2D eigenvalue weighted by Crippen LogP contribution is -2.15. The average molecular weight is 305 g/mol. The van der Waals surface area contributed by atoms with Gasteiger partial charge in [0.2, 0.25) is 0 Å². The lowest BCUT2D eigenvalue weighted by molar-refractivity contribution is 0.171. The fourth-order valence-corrected chi connectivity index (χ4v) is 3.17. The fourth-order valence-electron chi connectivity index (χ4n) is 2.21. The van der Waals surface area contributed by atoms with E-state index in [9.17, 15) is 4.39 Å². The second-order valence-electron chi connectivity index (χ2n) is 4.73. The van der Waals surface area contributed by atoms with Gasteiger partial charge in [-0.3, -0.25) is 0 Å². The maximum atomic E-state index is 13.6. The third kappa shape index (κ3) is 3.49. The van der Waals surface area contributed by atoms with E-state index in [1.807, 2.05) is 31.3 Å². The van der Waals surface area contributed by atoms with Crippen LogP contribution in [0.15, 0.2) is 46.2 Å². The standard InChI is InChI=1S/C16H16FNO2S/c1-18-10-11-6-12(17)8-14(7-11)21-13-2-3-15-16(9-13)20-5-4-19-15/h2-3,6-9,18H,4-5,10H2,1H3. The van der Waals surface area contributed by atoms with Crippen LogP contribution in [-0.4, -0.2) is 20.3 Å². The van der Waals surface area contributed by atoms with Crippen molar-refractivity contribution >= 4 is 11.8 Å². The molecular weight excluding hydrogens is 289 g/mol. The monoisotopic (exact) mass is 305 g/mol. The molecule has 0 atom stereocenters. The first kappa shape index (κ1) is 14.2. The van der Waals surface area contributed by atoms with E-state index in [0.29, 0.717) is 19.8 Å². The minimum absolute atomic E-state index is 0.220. The van der Waals surface area contributed by atoms with Crippen LogP contribution in [0, 0.1) is 5.82 Å². The number of hydrogen-bond donors (Lipinski definition) is 1. The van der Waals surface area contributed by atoms with Gasteiger partial charge in [0, 0.05) is 16.3 Å². The van der Waals surface area contributed by atoms with E-state index in [1.54, 1.807) is 12.1 Å². The van der Waals surface area contributed by atoms with Crippen molar-refractivity contribution in [2.75, 3.05) is 20.3 Å². The zero-order chi connectivity index (χ0) is 14.7. The van der Waals surface area contributed by atoms with Gasteiger partial charge in [-0.2, -0.15) is 0 Å². The van der Waals surface area contributed by atoms with E-state index in [4.69, 9.17) is 9.47 Å². The molecule has 0 saturated carbocycles. The quantitative estimate of drug-likeness (QED) is 0.937. The summed E-state index contributed by atoms with van der Waals surface area (Å²) in [6.45, 7) is 1.79. The summed E-state index contributed by atoms with van der Waals surface area (Å²) in [6, 6.07) is 10.9. The zero-order valence-electron chi connectivity index (χ0n) is 11.7. The fraction of sp³-hybridized carbons (Fsp3) is 0.250. The first-order chi connectivity index (χ1) is 10.2. The molecule has 3 rings (SSSR count). The number of hydrogen-bond acceptors (Lipinski definition) is 4. The van der Waals surface area contributed by atoms with Gasteiger partial charge in [-0.25, -0.2) is 4.39 Å². The summed E-state index contributed by atoms with van der Waals surface area (Å²) in [6.07, 6.45) is 0. The Morgan fingerprint density at radius 1 is 1.05 bits per heavy atom. The van der Waals surface area contributed by atoms with Gasteiger partial charge in [0.1, 0.15) is 19.0 Å². The minimum atomic E-state index is -0.220. The molecule has 1 aliphatic heterocycles. The molecule has 1 heterocycles. The molecule has 5 heteroatoms. The Labute approximate surface area is 127 Å². The summed E-state index contributed by atoms with van der Waals surface area (Å²) in [5.74, 6) is 1.29. The predicted molar refractivity (Wildman–Crippen MR) is 80.7 cm³/mol. The number of fused-ring (bicyclic) bond motifs is 1. The minimum Gasteiger partial charge on any atom is -0.486 e. The van der Waals surface area contributed by atoms with Crippen LogP contribution in [0.25, 0.3) is 0 Å². The molecule has 110 valence electrons. The molecule has 1 N–H and O–H groups in total. The Kier molecular flexibility index (Phi) is 4.31. The van der Waals surface area contributed by atoms with Gasteiger partial charge in [-0.15, -0.1) is 0 Å². The van der Waals surface area contributed by atoms with Gasteiger partial charge in [-0.05, 0) is 49.0 Å². The first-order valence-corrected chi connectivity index (χ1v) is 7.58. The van der Waals surface area contributed by atoms with Crippen LogP contribution in [0.4, 0.5) is 4.39 Å². The average Bonchev–Trinajstić information content (AvgIpc) is 2.47. The molecule has 0 fully saturated rings. The molecule has 0 amide bonds. The number of ether oxygens (including phenoxy) is 2. The second kappa shape index (κ2) is 6.37. The highest BCUT2D eigenvalue weighted by Crippen LogP contribution is 2.37. The third-order valence-electron chi connectivity index (χ3n) is 3.06. The summed E-state index contributed by atoms with van der Waals surface area (Å²) in [4.78, 5) is 1.87. The van der Waals surface area contributed by atoms with E-state index in [-0.39, 0.29) is 5.82 Å². The maximum Gasteiger partial charge on any atom is 0.162 e. The van der Waals surface area contributed by atoms with Crippen molar-refractivity contribution in [2.24, 2.45) is 0 Å².